The first-order valence-corrected chi connectivity index (χ1v) is 11.3. The summed E-state index contributed by atoms with van der Waals surface area (Å²) in [5, 5.41) is 12.4. The van der Waals surface area contributed by atoms with Crippen LogP contribution in [-0.4, -0.2) is 40.6 Å². The van der Waals surface area contributed by atoms with Crippen LogP contribution in [-0.2, 0) is 4.79 Å². The van der Waals surface area contributed by atoms with E-state index in [1.54, 1.807) is 14.2 Å². The number of nitrogens with zero attached hydrogens (tertiary/aromatic N) is 3. The summed E-state index contributed by atoms with van der Waals surface area (Å²) in [6.45, 7) is 1.99. The van der Waals surface area contributed by atoms with Gasteiger partial charge >= 0.3 is 0 Å². The van der Waals surface area contributed by atoms with Gasteiger partial charge in [0.05, 0.1) is 20.0 Å². The van der Waals surface area contributed by atoms with Gasteiger partial charge in [-0.15, -0.1) is 10.2 Å². The maximum Gasteiger partial charge on any atom is 0.234 e. The Morgan fingerprint density at radius 3 is 2.42 bits per heavy atom. The Kier molecular flexibility index (Phi) is 6.95. The molecule has 0 atom stereocenters. The van der Waals surface area contributed by atoms with Crippen LogP contribution < -0.4 is 14.8 Å². The molecule has 33 heavy (non-hydrogen) atoms. The average molecular weight is 461 g/mol. The second-order valence-electron chi connectivity index (χ2n) is 7.28. The minimum Gasteiger partial charge on any atom is -0.497 e. The van der Waals surface area contributed by atoms with Crippen LogP contribution in [0.4, 0.5) is 5.69 Å². The van der Waals surface area contributed by atoms with Crippen LogP contribution >= 0.6 is 11.8 Å². The van der Waals surface area contributed by atoms with Gasteiger partial charge in [-0.1, -0.05) is 36.0 Å². The maximum atomic E-state index is 12.6. The smallest absolute Gasteiger partial charge is 0.234 e. The number of methoxy groups -OCH3 is 2. The van der Waals surface area contributed by atoms with Crippen LogP contribution in [0, 0.1) is 6.92 Å². The van der Waals surface area contributed by atoms with Crippen molar-refractivity contribution in [3.05, 3.63) is 78.4 Å². The van der Waals surface area contributed by atoms with Crippen LogP contribution in [0.2, 0.25) is 0 Å². The molecule has 3 aromatic carbocycles. The lowest BCUT2D eigenvalue weighted by Crippen LogP contribution is -2.14. The van der Waals surface area contributed by atoms with E-state index in [-0.39, 0.29) is 11.7 Å². The molecule has 4 aromatic rings. The van der Waals surface area contributed by atoms with Crippen molar-refractivity contribution < 1.29 is 14.3 Å². The number of nitrogens with one attached hydrogen (secondary N) is 1. The molecular weight excluding hydrogens is 436 g/mol. The summed E-state index contributed by atoms with van der Waals surface area (Å²) in [7, 11) is 3.25. The highest BCUT2D eigenvalue weighted by molar-refractivity contribution is 7.99. The first-order valence-electron chi connectivity index (χ1n) is 10.3. The zero-order valence-electron chi connectivity index (χ0n) is 18.6. The Bertz CT molecular complexity index is 1250. The number of aryl methyl sites for hydroxylation is 1. The van der Waals surface area contributed by atoms with E-state index in [0.717, 1.165) is 34.0 Å². The number of aromatic nitrogens is 3. The molecule has 0 aliphatic heterocycles. The van der Waals surface area contributed by atoms with Gasteiger partial charge in [-0.2, -0.15) is 0 Å². The number of hydrogen-bond acceptors (Lipinski definition) is 6. The topological polar surface area (TPSA) is 78.3 Å². The van der Waals surface area contributed by atoms with Crippen molar-refractivity contribution in [1.29, 1.82) is 0 Å². The fourth-order valence-electron chi connectivity index (χ4n) is 3.33. The van der Waals surface area contributed by atoms with Crippen LogP contribution in [0.3, 0.4) is 0 Å². The maximum absolute atomic E-state index is 12.6. The van der Waals surface area contributed by atoms with Crippen molar-refractivity contribution in [1.82, 2.24) is 14.8 Å². The lowest BCUT2D eigenvalue weighted by Gasteiger charge is -2.12. The number of carbonyl (C=O) groups excluding carboxylic acids is 1. The lowest BCUT2D eigenvalue weighted by atomic mass is 10.2. The summed E-state index contributed by atoms with van der Waals surface area (Å²) < 4.78 is 12.6. The summed E-state index contributed by atoms with van der Waals surface area (Å²) >= 11 is 1.32. The van der Waals surface area contributed by atoms with Gasteiger partial charge in [0, 0.05) is 16.9 Å². The van der Waals surface area contributed by atoms with Crippen molar-refractivity contribution >= 4 is 23.4 Å². The Balaban J connectivity index is 1.62. The van der Waals surface area contributed by atoms with Gasteiger partial charge < -0.3 is 14.8 Å². The van der Waals surface area contributed by atoms with Gasteiger partial charge in [-0.3, -0.25) is 9.36 Å². The summed E-state index contributed by atoms with van der Waals surface area (Å²) in [4.78, 5) is 12.6. The molecule has 4 rings (SSSR count). The van der Waals surface area contributed by atoms with Gasteiger partial charge in [-0.25, -0.2) is 0 Å². The molecule has 0 spiro atoms. The molecule has 7 nitrogen and oxygen atoms in total. The first-order chi connectivity index (χ1) is 16.1. The number of thioether (sulfide) groups is 1. The van der Waals surface area contributed by atoms with E-state index in [0.29, 0.717) is 11.0 Å². The predicted octanol–water partition coefficient (Wildman–Crippen LogP) is 4.99. The zero-order chi connectivity index (χ0) is 23.2. The Hall–Kier alpha value is -3.78. The van der Waals surface area contributed by atoms with E-state index < -0.39 is 0 Å². The fourth-order valence-corrected chi connectivity index (χ4v) is 4.08. The summed E-state index contributed by atoms with van der Waals surface area (Å²) in [5.74, 6) is 2.21. The molecule has 0 saturated heterocycles. The Labute approximate surface area is 196 Å². The van der Waals surface area contributed by atoms with E-state index in [2.05, 4.69) is 15.5 Å². The number of anilines is 1. The molecule has 0 saturated carbocycles. The molecule has 168 valence electrons. The quantitative estimate of drug-likeness (QED) is 0.373. The van der Waals surface area contributed by atoms with E-state index in [4.69, 9.17) is 9.47 Å². The highest BCUT2D eigenvalue weighted by Gasteiger charge is 2.18. The molecule has 0 fully saturated rings. The molecule has 0 radical (unpaired) electrons. The number of carbonyl (C=O) groups is 1. The first kappa shape index (κ1) is 22.4. The minimum absolute atomic E-state index is 0.113. The molecule has 0 bridgehead atoms. The van der Waals surface area contributed by atoms with Crippen molar-refractivity contribution in [2.45, 2.75) is 12.1 Å². The largest absolute Gasteiger partial charge is 0.497 e. The zero-order valence-corrected chi connectivity index (χ0v) is 19.4. The molecule has 8 heteroatoms. The third-order valence-electron chi connectivity index (χ3n) is 4.93. The summed E-state index contributed by atoms with van der Waals surface area (Å²) in [5.41, 5.74) is 3.57. The van der Waals surface area contributed by atoms with Crippen molar-refractivity contribution in [2.24, 2.45) is 0 Å². The van der Waals surface area contributed by atoms with E-state index >= 15 is 0 Å². The molecule has 1 aromatic heterocycles. The van der Waals surface area contributed by atoms with Crippen molar-refractivity contribution in [3.8, 4) is 28.6 Å². The van der Waals surface area contributed by atoms with E-state index in [9.17, 15) is 4.79 Å². The molecule has 1 heterocycles. The predicted molar refractivity (Wildman–Crippen MR) is 130 cm³/mol. The van der Waals surface area contributed by atoms with Gasteiger partial charge in [0.1, 0.15) is 11.5 Å². The second kappa shape index (κ2) is 10.2. The van der Waals surface area contributed by atoms with E-state index in [1.165, 1.54) is 11.8 Å². The van der Waals surface area contributed by atoms with E-state index in [1.807, 2.05) is 84.3 Å². The SMILES string of the molecule is COc1ccc(-n2c(SCC(=O)Nc3cccc(C)c3)nnc2-c2cccc(OC)c2)cc1. The monoisotopic (exact) mass is 460 g/mol. The number of benzene rings is 3. The standard InChI is InChI=1S/C25H24N4O3S/c1-17-6-4-8-19(14-17)26-23(30)16-33-25-28-27-24(18-7-5-9-22(15-18)32-3)29(25)20-10-12-21(31-2)13-11-20/h4-15H,16H2,1-3H3,(H,26,30). The number of ether oxygens (including phenoxy) is 2. The molecular formula is C25H24N4O3S. The van der Waals surface area contributed by atoms with Gasteiger partial charge in [0.15, 0.2) is 11.0 Å². The third kappa shape index (κ3) is 5.35. The molecule has 1 N–H and O–H groups in total. The Morgan fingerprint density at radius 1 is 0.939 bits per heavy atom. The van der Waals surface area contributed by atoms with Crippen molar-refractivity contribution in [3.63, 3.8) is 0 Å². The average Bonchev–Trinajstić information content (AvgIpc) is 3.27. The molecule has 0 aliphatic carbocycles. The van der Waals surface area contributed by atoms with Gasteiger partial charge in [0.2, 0.25) is 5.91 Å². The number of amides is 1. The molecule has 0 aliphatic rings. The summed E-state index contributed by atoms with van der Waals surface area (Å²) in [6, 6.07) is 23.0. The van der Waals surface area contributed by atoms with Gasteiger partial charge in [0.25, 0.3) is 0 Å². The van der Waals surface area contributed by atoms with Crippen LogP contribution in [0.1, 0.15) is 5.56 Å². The van der Waals surface area contributed by atoms with Crippen LogP contribution in [0.5, 0.6) is 11.5 Å². The normalized spacial score (nSPS) is 10.6. The summed E-state index contributed by atoms with van der Waals surface area (Å²) in [6.07, 6.45) is 0. The highest BCUT2D eigenvalue weighted by Crippen LogP contribution is 2.30. The second-order valence-corrected chi connectivity index (χ2v) is 8.22. The van der Waals surface area contributed by atoms with Crippen molar-refractivity contribution in [2.75, 3.05) is 25.3 Å². The lowest BCUT2D eigenvalue weighted by molar-refractivity contribution is -0.113. The third-order valence-corrected chi connectivity index (χ3v) is 5.86. The minimum atomic E-state index is -0.113. The van der Waals surface area contributed by atoms with Gasteiger partial charge in [-0.05, 0) is 61.0 Å². The number of rotatable bonds is 8. The highest BCUT2D eigenvalue weighted by atomic mass is 32.2. The molecule has 0 unspecified atom stereocenters. The van der Waals surface area contributed by atoms with Crippen LogP contribution in [0.15, 0.2) is 78.0 Å². The number of hydrogen-bond donors (Lipinski definition) is 1. The molecule has 1 amide bonds. The Morgan fingerprint density at radius 2 is 1.70 bits per heavy atom. The van der Waals surface area contributed by atoms with Crippen LogP contribution in [0.25, 0.3) is 17.1 Å². The fraction of sp³-hybridized carbons (Fsp3) is 0.160.